The normalized spacial score (nSPS) is 10.4. The van der Waals surface area contributed by atoms with Crippen LogP contribution in [0.5, 0.6) is 0 Å². The van der Waals surface area contributed by atoms with E-state index in [1.165, 1.54) is 128 Å². The van der Waals surface area contributed by atoms with Gasteiger partial charge in [-0.25, -0.2) is 0 Å². The molecule has 0 rings (SSSR count). The molecule has 0 fully saturated rings. The Kier molecular flexibility index (Phi) is 36.8. The van der Waals surface area contributed by atoms with E-state index in [2.05, 4.69) is 13.8 Å². The van der Waals surface area contributed by atoms with Gasteiger partial charge in [0.25, 0.3) is 0 Å². The fourth-order valence-corrected chi connectivity index (χ4v) is 6.03. The van der Waals surface area contributed by atoms with Gasteiger partial charge in [-0.1, -0.05) is 0 Å². The van der Waals surface area contributed by atoms with E-state index in [1.54, 1.807) is 0 Å². The molecule has 0 saturated heterocycles. The molecule has 0 atom stereocenters. The Balaban J connectivity index is 0. The third-order valence-electron chi connectivity index (χ3n) is 5.35. The first kappa shape index (κ1) is 31.4. The van der Waals surface area contributed by atoms with Crippen molar-refractivity contribution in [3.8, 4) is 0 Å². The van der Waals surface area contributed by atoms with Crippen molar-refractivity contribution >= 4 is 42.3 Å². The molecule has 0 bridgehead atoms. The molecule has 0 spiro atoms. The van der Waals surface area contributed by atoms with Gasteiger partial charge in [-0.15, -0.1) is 0 Å². The number of hydrogen-bond acceptors (Lipinski definition) is 2. The van der Waals surface area contributed by atoms with E-state index >= 15 is 0 Å². The van der Waals surface area contributed by atoms with E-state index in [0.717, 1.165) is 8.87 Å². The summed E-state index contributed by atoms with van der Waals surface area (Å²) in [6.07, 6.45) is 27.6. The summed E-state index contributed by atoms with van der Waals surface area (Å²) in [4.78, 5) is 0. The van der Waals surface area contributed by atoms with Crippen molar-refractivity contribution in [2.45, 2.75) is 151 Å². The van der Waals surface area contributed by atoms with Crippen LogP contribution in [0.4, 0.5) is 0 Å². The van der Waals surface area contributed by atoms with Crippen molar-refractivity contribution in [2.24, 2.45) is 0 Å². The molecular weight excluding hydrogens is 558 g/mol. The molecule has 0 unspecified atom stereocenters. The Hall–Kier alpha value is 1.20. The first-order valence-electron chi connectivity index (χ1n) is 12.7. The van der Waals surface area contributed by atoms with Gasteiger partial charge in [0.15, 0.2) is 0 Å². The van der Waals surface area contributed by atoms with Crippen molar-refractivity contribution in [3.63, 3.8) is 0 Å². The van der Waals surface area contributed by atoms with Crippen LogP contribution < -0.4 is 0 Å². The van der Waals surface area contributed by atoms with Crippen LogP contribution in [0.25, 0.3) is 0 Å². The summed E-state index contributed by atoms with van der Waals surface area (Å²) in [5.74, 6) is 0. The minimum atomic E-state index is -1.26. The molecule has 4 heteroatoms. The Morgan fingerprint density at radius 3 is 0.786 bits per heavy atom. The van der Waals surface area contributed by atoms with Gasteiger partial charge in [0.2, 0.25) is 0 Å². The van der Waals surface area contributed by atoms with Crippen LogP contribution in [-0.2, 0) is 6.15 Å². The van der Waals surface area contributed by atoms with Crippen molar-refractivity contribution in [1.82, 2.24) is 0 Å². The second-order valence-electron chi connectivity index (χ2n) is 8.27. The SMILES string of the molecule is CCCCCCCCCCC[CH2][SnH]=[O].CCCCCCCCCCC[CH2][SnH]=[O]. The summed E-state index contributed by atoms with van der Waals surface area (Å²) >= 11 is -2.52. The third-order valence-corrected chi connectivity index (χ3v) is 9.03. The van der Waals surface area contributed by atoms with Gasteiger partial charge in [0.05, 0.1) is 0 Å². The predicted molar refractivity (Wildman–Crippen MR) is 129 cm³/mol. The zero-order valence-electron chi connectivity index (χ0n) is 19.5. The van der Waals surface area contributed by atoms with E-state index in [4.69, 9.17) is 0 Å². The van der Waals surface area contributed by atoms with Gasteiger partial charge >= 0.3 is 200 Å². The monoisotopic (exact) mass is 612 g/mol. The van der Waals surface area contributed by atoms with Crippen molar-refractivity contribution in [3.05, 3.63) is 0 Å². The average molecular weight is 610 g/mol. The van der Waals surface area contributed by atoms with Gasteiger partial charge in [-0.3, -0.25) is 0 Å². The summed E-state index contributed by atoms with van der Waals surface area (Å²) < 4.78 is 22.9. The Morgan fingerprint density at radius 2 is 0.571 bits per heavy atom. The van der Waals surface area contributed by atoms with Crippen LogP contribution >= 0.6 is 0 Å². The van der Waals surface area contributed by atoms with Gasteiger partial charge in [0.1, 0.15) is 0 Å². The molecule has 0 amide bonds. The molecule has 0 saturated carbocycles. The van der Waals surface area contributed by atoms with E-state index in [1.807, 2.05) is 0 Å². The molecule has 0 radical (unpaired) electrons. The second-order valence-corrected chi connectivity index (χ2v) is 13.5. The van der Waals surface area contributed by atoms with Crippen LogP contribution in [0.2, 0.25) is 8.87 Å². The molecule has 168 valence electrons. The topological polar surface area (TPSA) is 34.1 Å². The summed E-state index contributed by atoms with van der Waals surface area (Å²) in [6.45, 7) is 4.53. The van der Waals surface area contributed by atoms with Gasteiger partial charge in [-0.05, 0) is 0 Å². The molecule has 0 aromatic carbocycles. The van der Waals surface area contributed by atoms with Crippen LogP contribution in [0.15, 0.2) is 0 Å². The van der Waals surface area contributed by atoms with E-state index in [-0.39, 0.29) is 0 Å². The van der Waals surface area contributed by atoms with Crippen LogP contribution in [0, 0.1) is 0 Å². The Labute approximate surface area is 198 Å². The molecule has 0 aliphatic heterocycles. The number of hydrogen-bond donors (Lipinski definition) is 0. The first-order chi connectivity index (χ1) is 13.8. The van der Waals surface area contributed by atoms with E-state index < -0.39 is 42.3 Å². The first-order valence-corrected chi connectivity index (χ1v) is 20.1. The Morgan fingerprint density at radius 1 is 0.357 bits per heavy atom. The summed E-state index contributed by atoms with van der Waals surface area (Å²) in [5, 5.41) is 0. The van der Waals surface area contributed by atoms with Gasteiger partial charge in [-0.2, -0.15) is 0 Å². The molecule has 2 nitrogen and oxygen atoms in total. The second kappa shape index (κ2) is 32.9. The number of rotatable bonds is 22. The Bertz CT molecular complexity index is 258. The third kappa shape index (κ3) is 34.7. The molecule has 0 N–H and O–H groups in total. The fourth-order valence-electron chi connectivity index (χ4n) is 3.43. The molecule has 0 aromatic rings. The zero-order chi connectivity index (χ0) is 21.0. The maximum absolute atomic E-state index is 10.4. The van der Waals surface area contributed by atoms with Crippen molar-refractivity contribution in [1.29, 1.82) is 0 Å². The summed E-state index contributed by atoms with van der Waals surface area (Å²) in [5.41, 5.74) is 0. The summed E-state index contributed by atoms with van der Waals surface area (Å²) in [6, 6.07) is 0. The molecule has 0 aliphatic carbocycles. The van der Waals surface area contributed by atoms with Crippen LogP contribution in [-0.4, -0.2) is 42.3 Å². The quantitative estimate of drug-likeness (QED) is 0.0916. The molecule has 0 aliphatic rings. The van der Waals surface area contributed by atoms with Crippen molar-refractivity contribution in [2.75, 3.05) is 0 Å². The van der Waals surface area contributed by atoms with Crippen LogP contribution in [0.1, 0.15) is 142 Å². The molecular formula is C24H52O2Sn2. The van der Waals surface area contributed by atoms with Crippen LogP contribution in [0.3, 0.4) is 0 Å². The standard InChI is InChI=1S/2C12H25.2O.2Sn.2H/c2*1-3-5-7-9-11-12-10-8-6-4-2;;;;;;/h2*1,3-12H2,2H3;;;;;;. The van der Waals surface area contributed by atoms with E-state index in [0.29, 0.717) is 0 Å². The summed E-state index contributed by atoms with van der Waals surface area (Å²) in [7, 11) is 0. The van der Waals surface area contributed by atoms with Crippen molar-refractivity contribution < 1.29 is 6.15 Å². The number of unbranched alkanes of at least 4 members (excludes halogenated alkanes) is 18. The fraction of sp³-hybridized carbons (Fsp3) is 1.00. The molecule has 0 heterocycles. The maximum atomic E-state index is 10.4. The zero-order valence-corrected chi connectivity index (χ0v) is 26.1. The van der Waals surface area contributed by atoms with Gasteiger partial charge < -0.3 is 0 Å². The molecule has 0 aromatic heterocycles. The minimum absolute atomic E-state index is 1.08. The average Bonchev–Trinajstić information content (AvgIpc) is 2.71. The van der Waals surface area contributed by atoms with Gasteiger partial charge in [0, 0.05) is 0 Å². The predicted octanol–water partition coefficient (Wildman–Crippen LogP) is 8.22. The van der Waals surface area contributed by atoms with E-state index in [9.17, 15) is 6.15 Å². The molecule has 28 heavy (non-hydrogen) atoms.